The van der Waals surface area contributed by atoms with E-state index < -0.39 is 11.5 Å². The number of para-hydroxylation sites is 1. The lowest BCUT2D eigenvalue weighted by atomic mass is 9.77. The number of benzene rings is 3. The Morgan fingerprint density at radius 1 is 0.974 bits per heavy atom. The molecule has 3 aromatic carbocycles. The van der Waals surface area contributed by atoms with Crippen LogP contribution in [0, 0.1) is 13.8 Å². The Balaban J connectivity index is 1.31. The van der Waals surface area contributed by atoms with E-state index in [4.69, 9.17) is 4.98 Å². The van der Waals surface area contributed by atoms with Crippen molar-refractivity contribution in [3.05, 3.63) is 119 Å². The number of nitrogens with one attached hydrogen (secondary N) is 1. The van der Waals surface area contributed by atoms with Crippen molar-refractivity contribution in [3.63, 3.8) is 0 Å². The molecule has 2 heterocycles. The van der Waals surface area contributed by atoms with Gasteiger partial charge in [0.2, 0.25) is 5.91 Å². The number of aromatic nitrogens is 2. The Morgan fingerprint density at radius 3 is 2.38 bits per heavy atom. The number of fused-ring (bicyclic) bond motifs is 3. The van der Waals surface area contributed by atoms with Crippen molar-refractivity contribution in [2.45, 2.75) is 57.4 Å². The van der Waals surface area contributed by atoms with Gasteiger partial charge in [-0.25, -0.2) is 4.98 Å². The highest BCUT2D eigenvalue weighted by Crippen LogP contribution is 2.42. The normalized spacial score (nSPS) is 15.6. The molecule has 0 radical (unpaired) electrons. The van der Waals surface area contributed by atoms with E-state index >= 15 is 0 Å². The molecule has 1 atom stereocenters. The van der Waals surface area contributed by atoms with Gasteiger partial charge in [-0.05, 0) is 55.5 Å². The zero-order chi connectivity index (χ0) is 27.0. The van der Waals surface area contributed by atoms with Gasteiger partial charge in [-0.1, -0.05) is 85.6 Å². The molecule has 0 spiro atoms. The fraction of sp³-hybridized carbons (Fsp3) is 0.294. The Bertz CT molecular complexity index is 1630. The minimum absolute atomic E-state index is 0.00947. The highest BCUT2D eigenvalue weighted by atomic mass is 16.3. The Hall–Kier alpha value is -3.96. The molecular weight excluding hydrogens is 482 g/mol. The molecule has 0 saturated heterocycles. The molecule has 1 fully saturated rings. The first-order chi connectivity index (χ1) is 19.0. The second-order valence-electron chi connectivity index (χ2n) is 11.0. The summed E-state index contributed by atoms with van der Waals surface area (Å²) in [6.07, 6.45) is 4.46. The number of aliphatic hydroxyl groups excluding tert-OH is 1. The first-order valence-corrected chi connectivity index (χ1v) is 13.9. The maximum atomic E-state index is 13.8. The summed E-state index contributed by atoms with van der Waals surface area (Å²) >= 11 is 0. The third kappa shape index (κ3) is 4.51. The molecule has 6 rings (SSSR count). The minimum Gasteiger partial charge on any atom is -0.394 e. The lowest BCUT2D eigenvalue weighted by molar-refractivity contribution is -0.127. The van der Waals surface area contributed by atoms with Gasteiger partial charge in [0, 0.05) is 28.8 Å². The summed E-state index contributed by atoms with van der Waals surface area (Å²) in [5.74, 6) is 0.00947. The minimum atomic E-state index is -0.563. The quantitative estimate of drug-likeness (QED) is 0.264. The zero-order valence-electron chi connectivity index (χ0n) is 22.7. The van der Waals surface area contributed by atoms with Gasteiger partial charge in [0.05, 0.1) is 23.6 Å². The molecule has 39 heavy (non-hydrogen) atoms. The summed E-state index contributed by atoms with van der Waals surface area (Å²) in [5.41, 5.74) is 8.24. The summed E-state index contributed by atoms with van der Waals surface area (Å²) in [4.78, 5) is 18.7. The molecule has 5 heteroatoms. The van der Waals surface area contributed by atoms with Gasteiger partial charge < -0.3 is 10.4 Å². The van der Waals surface area contributed by atoms with Crippen LogP contribution in [0.2, 0.25) is 0 Å². The molecule has 198 valence electrons. The predicted molar refractivity (Wildman–Crippen MR) is 156 cm³/mol. The lowest BCUT2D eigenvalue weighted by Gasteiger charge is -2.31. The highest BCUT2D eigenvalue weighted by Gasteiger charge is 2.43. The van der Waals surface area contributed by atoms with E-state index in [0.717, 1.165) is 54.6 Å². The molecule has 0 bridgehead atoms. The zero-order valence-corrected chi connectivity index (χ0v) is 22.7. The SMILES string of the molecule is Cc1cc(C)n2c(n1)c(Cc1ccc(C3(C(=O)N[C@@H](CO)c4ccccc4)CCCC3)cc1)c1ccccc12. The van der Waals surface area contributed by atoms with E-state index in [0.29, 0.717) is 0 Å². The van der Waals surface area contributed by atoms with Crippen LogP contribution in [0.1, 0.15) is 65.4 Å². The van der Waals surface area contributed by atoms with Crippen LogP contribution >= 0.6 is 0 Å². The molecule has 1 aliphatic carbocycles. The van der Waals surface area contributed by atoms with Gasteiger partial charge >= 0.3 is 0 Å². The molecule has 5 aromatic rings. The molecule has 1 amide bonds. The number of hydrogen-bond donors (Lipinski definition) is 2. The summed E-state index contributed by atoms with van der Waals surface area (Å²) in [7, 11) is 0. The predicted octanol–water partition coefficient (Wildman–Crippen LogP) is 6.36. The summed E-state index contributed by atoms with van der Waals surface area (Å²) < 4.78 is 2.26. The maximum Gasteiger partial charge on any atom is 0.231 e. The fourth-order valence-electron chi connectivity index (χ4n) is 6.50. The molecule has 0 aliphatic heterocycles. The van der Waals surface area contributed by atoms with Crippen molar-refractivity contribution in [2.24, 2.45) is 0 Å². The second kappa shape index (κ2) is 10.3. The van der Waals surface area contributed by atoms with E-state index in [1.807, 2.05) is 30.3 Å². The maximum absolute atomic E-state index is 13.8. The molecular formula is C34H35N3O2. The topological polar surface area (TPSA) is 66.6 Å². The van der Waals surface area contributed by atoms with E-state index in [2.05, 4.69) is 78.2 Å². The largest absolute Gasteiger partial charge is 0.394 e. The Kier molecular flexibility index (Phi) is 6.69. The van der Waals surface area contributed by atoms with Crippen molar-refractivity contribution in [3.8, 4) is 0 Å². The van der Waals surface area contributed by atoms with Crippen LogP contribution in [-0.2, 0) is 16.6 Å². The van der Waals surface area contributed by atoms with Crippen LogP contribution in [0.4, 0.5) is 0 Å². The molecule has 1 aliphatic rings. The molecule has 5 nitrogen and oxygen atoms in total. The van der Waals surface area contributed by atoms with E-state index in [1.165, 1.54) is 27.7 Å². The fourth-order valence-corrected chi connectivity index (χ4v) is 6.50. The number of hydrogen-bond acceptors (Lipinski definition) is 3. The average molecular weight is 518 g/mol. The molecule has 2 aromatic heterocycles. The van der Waals surface area contributed by atoms with Crippen LogP contribution in [0.15, 0.2) is 84.9 Å². The lowest BCUT2D eigenvalue weighted by Crippen LogP contribution is -2.45. The average Bonchev–Trinajstić information content (AvgIpc) is 3.57. The standard InChI is InChI=1S/C34H35N3O2/c1-23-20-24(2)37-31-13-7-6-12-28(31)29(32(37)35-23)21-25-14-16-27(17-15-25)34(18-8-9-19-34)33(39)36-30(22-38)26-10-4-3-5-11-26/h3-7,10-17,20,30,38H,8-9,18-19,21-22H2,1-2H3,(H,36,39)/t30-/m0/s1. The van der Waals surface area contributed by atoms with E-state index in [9.17, 15) is 9.90 Å². The molecule has 0 unspecified atom stereocenters. The summed E-state index contributed by atoms with van der Waals surface area (Å²) in [6, 6.07) is 28.6. The van der Waals surface area contributed by atoms with Gasteiger partial charge in [0.25, 0.3) is 0 Å². The number of carbonyl (C=O) groups excluding carboxylic acids is 1. The Morgan fingerprint density at radius 2 is 1.67 bits per heavy atom. The number of rotatable bonds is 7. The van der Waals surface area contributed by atoms with Crippen molar-refractivity contribution >= 4 is 22.5 Å². The van der Waals surface area contributed by atoms with E-state index in [-0.39, 0.29) is 12.5 Å². The molecule has 1 saturated carbocycles. The smallest absolute Gasteiger partial charge is 0.231 e. The summed E-state index contributed by atoms with van der Waals surface area (Å²) in [6.45, 7) is 4.06. The van der Waals surface area contributed by atoms with Crippen molar-refractivity contribution < 1.29 is 9.90 Å². The number of carbonyl (C=O) groups is 1. The third-order valence-electron chi connectivity index (χ3n) is 8.47. The van der Waals surface area contributed by atoms with Gasteiger partial charge in [-0.2, -0.15) is 0 Å². The summed E-state index contributed by atoms with van der Waals surface area (Å²) in [5, 5.41) is 14.4. The number of aryl methyl sites for hydroxylation is 2. The number of nitrogens with zero attached hydrogens (tertiary/aromatic N) is 2. The Labute approximate surface area is 229 Å². The number of aliphatic hydroxyl groups is 1. The number of amides is 1. The van der Waals surface area contributed by atoms with Crippen molar-refractivity contribution in [1.29, 1.82) is 0 Å². The van der Waals surface area contributed by atoms with Gasteiger partial charge in [-0.15, -0.1) is 0 Å². The van der Waals surface area contributed by atoms with Crippen molar-refractivity contribution in [2.75, 3.05) is 6.61 Å². The first kappa shape index (κ1) is 25.3. The van der Waals surface area contributed by atoms with Crippen LogP contribution in [-0.4, -0.2) is 27.0 Å². The van der Waals surface area contributed by atoms with Crippen LogP contribution < -0.4 is 5.32 Å². The van der Waals surface area contributed by atoms with Crippen LogP contribution in [0.5, 0.6) is 0 Å². The van der Waals surface area contributed by atoms with Gasteiger partial charge in [0.15, 0.2) is 0 Å². The van der Waals surface area contributed by atoms with Crippen molar-refractivity contribution in [1.82, 2.24) is 14.7 Å². The monoisotopic (exact) mass is 517 g/mol. The van der Waals surface area contributed by atoms with Crippen LogP contribution in [0.3, 0.4) is 0 Å². The molecule has 2 N–H and O–H groups in total. The highest BCUT2D eigenvalue weighted by molar-refractivity contribution is 5.92. The first-order valence-electron chi connectivity index (χ1n) is 13.9. The van der Waals surface area contributed by atoms with Gasteiger partial charge in [-0.3, -0.25) is 9.20 Å². The third-order valence-corrected chi connectivity index (χ3v) is 8.47. The van der Waals surface area contributed by atoms with Gasteiger partial charge in [0.1, 0.15) is 5.65 Å². The van der Waals surface area contributed by atoms with E-state index in [1.54, 1.807) is 0 Å². The van der Waals surface area contributed by atoms with Crippen LogP contribution in [0.25, 0.3) is 16.6 Å². The second-order valence-corrected chi connectivity index (χ2v) is 11.0.